The molecule has 0 bridgehead atoms. The van der Waals surface area contributed by atoms with Crippen LogP contribution in [-0.2, 0) is 9.53 Å². The largest absolute Gasteiger partial charge is 0.480 e. The number of ether oxygens (including phenoxy) is 1. The molecule has 0 spiro atoms. The number of carbonyl (C=O) groups excluding carboxylic acids is 1. The Hall–Kier alpha value is -1.30. The summed E-state index contributed by atoms with van der Waals surface area (Å²) in [5.41, 5.74) is 0. The summed E-state index contributed by atoms with van der Waals surface area (Å²) in [4.78, 5) is 26.2. The molecule has 1 N–H and O–H groups in total. The highest BCUT2D eigenvalue weighted by molar-refractivity contribution is 5.84. The van der Waals surface area contributed by atoms with Crippen molar-refractivity contribution >= 4 is 12.0 Å². The highest BCUT2D eigenvalue weighted by Gasteiger charge is 2.42. The smallest absolute Gasteiger partial charge is 0.326 e. The fraction of sp³-hybridized carbons (Fsp3) is 0.833. The summed E-state index contributed by atoms with van der Waals surface area (Å²) in [6.45, 7) is 3.53. The molecule has 6 nitrogen and oxygen atoms in total. The normalized spacial score (nSPS) is 27.7. The molecule has 6 heteroatoms. The molecule has 0 aromatic rings. The quantitative estimate of drug-likeness (QED) is 0.803. The first kappa shape index (κ1) is 13.1. The topological polar surface area (TPSA) is 70.1 Å². The number of carboxylic acids is 1. The molecule has 102 valence electrons. The molecule has 18 heavy (non-hydrogen) atoms. The van der Waals surface area contributed by atoms with Gasteiger partial charge in [0.25, 0.3) is 0 Å². The first-order chi connectivity index (χ1) is 8.52. The summed E-state index contributed by atoms with van der Waals surface area (Å²) in [5, 5.41) is 9.01. The van der Waals surface area contributed by atoms with E-state index in [1.807, 2.05) is 0 Å². The number of carbonyl (C=O) groups is 2. The van der Waals surface area contributed by atoms with Crippen molar-refractivity contribution in [1.82, 2.24) is 9.80 Å². The summed E-state index contributed by atoms with van der Waals surface area (Å²) in [6.07, 6.45) is 1.88. The lowest BCUT2D eigenvalue weighted by molar-refractivity contribution is -0.141. The molecule has 2 aliphatic heterocycles. The highest BCUT2D eigenvalue weighted by atomic mass is 16.5. The van der Waals surface area contributed by atoms with Crippen molar-refractivity contribution < 1.29 is 19.4 Å². The number of carboxylic acid groups (broad SMARTS) is 1. The molecule has 2 unspecified atom stereocenters. The second kappa shape index (κ2) is 5.14. The molecule has 2 saturated heterocycles. The molecule has 2 fully saturated rings. The van der Waals surface area contributed by atoms with E-state index < -0.39 is 12.0 Å². The van der Waals surface area contributed by atoms with Crippen LogP contribution in [0.5, 0.6) is 0 Å². The highest BCUT2D eigenvalue weighted by Crippen LogP contribution is 2.28. The Labute approximate surface area is 106 Å². The summed E-state index contributed by atoms with van der Waals surface area (Å²) >= 11 is 0. The number of hydrogen-bond donors (Lipinski definition) is 1. The number of rotatable bonds is 3. The summed E-state index contributed by atoms with van der Waals surface area (Å²) in [7, 11) is 1.76. The first-order valence-corrected chi connectivity index (χ1v) is 6.36. The van der Waals surface area contributed by atoms with Gasteiger partial charge in [-0.15, -0.1) is 0 Å². The van der Waals surface area contributed by atoms with Gasteiger partial charge in [0, 0.05) is 26.8 Å². The number of likely N-dealkylation sites (N-methyl/N-ethyl adjacent to an activating group) is 1. The molecular formula is C12H20N2O4. The third-order valence-electron chi connectivity index (χ3n) is 4.06. The fourth-order valence-electron chi connectivity index (χ4n) is 2.77. The van der Waals surface area contributed by atoms with Crippen LogP contribution in [0.4, 0.5) is 4.79 Å². The van der Waals surface area contributed by atoms with Gasteiger partial charge in [0.2, 0.25) is 0 Å². The van der Waals surface area contributed by atoms with Gasteiger partial charge in [-0.1, -0.05) is 0 Å². The van der Waals surface area contributed by atoms with Crippen molar-refractivity contribution in [3.63, 3.8) is 0 Å². The van der Waals surface area contributed by atoms with Crippen molar-refractivity contribution in [2.24, 2.45) is 5.92 Å². The maximum Gasteiger partial charge on any atom is 0.326 e. The zero-order chi connectivity index (χ0) is 13.3. The van der Waals surface area contributed by atoms with E-state index in [4.69, 9.17) is 9.84 Å². The van der Waals surface area contributed by atoms with E-state index in [1.165, 1.54) is 4.90 Å². The van der Waals surface area contributed by atoms with E-state index in [-0.39, 0.29) is 12.1 Å². The minimum atomic E-state index is -0.954. The van der Waals surface area contributed by atoms with Gasteiger partial charge in [-0.3, -0.25) is 0 Å². The third kappa shape index (κ3) is 2.29. The Kier molecular flexibility index (Phi) is 3.75. The molecule has 0 aliphatic carbocycles. The van der Waals surface area contributed by atoms with Crippen LogP contribution in [-0.4, -0.2) is 65.8 Å². The molecule has 2 rings (SSSR count). The molecule has 2 aliphatic rings. The molecule has 2 atom stereocenters. The zero-order valence-electron chi connectivity index (χ0n) is 10.8. The van der Waals surface area contributed by atoms with Crippen molar-refractivity contribution in [2.45, 2.75) is 31.8 Å². The van der Waals surface area contributed by atoms with Gasteiger partial charge in [-0.25, -0.2) is 9.59 Å². The van der Waals surface area contributed by atoms with Crippen LogP contribution < -0.4 is 0 Å². The van der Waals surface area contributed by atoms with E-state index >= 15 is 0 Å². The standard InChI is InChI=1S/C12H20N2O4/c1-8(11(15)16)14-7-10(13(2)12(14)17)9-3-5-18-6-4-9/h8-10H,3-7H2,1-2H3,(H,15,16). The van der Waals surface area contributed by atoms with Crippen molar-refractivity contribution in [3.8, 4) is 0 Å². The number of hydrogen-bond acceptors (Lipinski definition) is 3. The van der Waals surface area contributed by atoms with E-state index in [0.29, 0.717) is 12.5 Å². The van der Waals surface area contributed by atoms with Crippen LogP contribution in [0, 0.1) is 5.92 Å². The average Bonchev–Trinajstić information content (AvgIpc) is 2.67. The number of nitrogens with zero attached hydrogens (tertiary/aromatic N) is 2. The number of aliphatic carboxylic acids is 1. The van der Waals surface area contributed by atoms with Crippen LogP contribution in [0.1, 0.15) is 19.8 Å². The van der Waals surface area contributed by atoms with E-state index in [1.54, 1.807) is 18.9 Å². The summed E-state index contributed by atoms with van der Waals surface area (Å²) < 4.78 is 5.32. The Morgan fingerprint density at radius 3 is 2.61 bits per heavy atom. The lowest BCUT2D eigenvalue weighted by atomic mass is 9.91. The molecule has 2 heterocycles. The molecule has 0 radical (unpaired) electrons. The molecule has 0 saturated carbocycles. The van der Waals surface area contributed by atoms with Crippen molar-refractivity contribution in [2.75, 3.05) is 26.8 Å². The molecule has 0 aromatic carbocycles. The van der Waals surface area contributed by atoms with E-state index in [9.17, 15) is 9.59 Å². The van der Waals surface area contributed by atoms with Gasteiger partial charge in [-0.05, 0) is 25.7 Å². The first-order valence-electron chi connectivity index (χ1n) is 6.36. The number of urea groups is 1. The molecule has 0 aromatic heterocycles. The van der Waals surface area contributed by atoms with Crippen molar-refractivity contribution in [3.05, 3.63) is 0 Å². The maximum absolute atomic E-state index is 12.1. The third-order valence-corrected chi connectivity index (χ3v) is 4.06. The predicted octanol–water partition coefficient (Wildman–Crippen LogP) is 0.622. The summed E-state index contributed by atoms with van der Waals surface area (Å²) in [5.74, 6) is -0.539. The Bertz CT molecular complexity index is 341. The van der Waals surface area contributed by atoms with Crippen LogP contribution in [0.3, 0.4) is 0 Å². The Morgan fingerprint density at radius 1 is 1.44 bits per heavy atom. The minimum Gasteiger partial charge on any atom is -0.480 e. The lowest BCUT2D eigenvalue weighted by Crippen LogP contribution is -2.41. The Morgan fingerprint density at radius 2 is 2.06 bits per heavy atom. The van der Waals surface area contributed by atoms with Gasteiger partial charge >= 0.3 is 12.0 Å². The average molecular weight is 256 g/mol. The second-order valence-corrected chi connectivity index (χ2v) is 5.08. The van der Waals surface area contributed by atoms with Crippen LogP contribution in [0.15, 0.2) is 0 Å². The van der Waals surface area contributed by atoms with Gasteiger partial charge in [-0.2, -0.15) is 0 Å². The predicted molar refractivity (Wildman–Crippen MR) is 64.3 cm³/mol. The van der Waals surface area contributed by atoms with E-state index in [2.05, 4.69) is 0 Å². The van der Waals surface area contributed by atoms with Gasteiger partial charge < -0.3 is 19.6 Å². The van der Waals surface area contributed by atoms with E-state index in [0.717, 1.165) is 26.1 Å². The van der Waals surface area contributed by atoms with Crippen molar-refractivity contribution in [1.29, 1.82) is 0 Å². The van der Waals surface area contributed by atoms with Crippen LogP contribution in [0.2, 0.25) is 0 Å². The van der Waals surface area contributed by atoms with Crippen LogP contribution in [0.25, 0.3) is 0 Å². The second-order valence-electron chi connectivity index (χ2n) is 5.08. The fourth-order valence-corrected chi connectivity index (χ4v) is 2.77. The maximum atomic E-state index is 12.1. The van der Waals surface area contributed by atoms with Crippen LogP contribution >= 0.6 is 0 Å². The number of amides is 2. The SMILES string of the molecule is CC(C(=O)O)N1CC(C2CCOCC2)N(C)C1=O. The monoisotopic (exact) mass is 256 g/mol. The van der Waals surface area contributed by atoms with Gasteiger partial charge in [0.1, 0.15) is 6.04 Å². The minimum absolute atomic E-state index is 0.114. The molecular weight excluding hydrogens is 236 g/mol. The summed E-state index contributed by atoms with van der Waals surface area (Å²) in [6, 6.07) is -0.825. The van der Waals surface area contributed by atoms with Gasteiger partial charge in [0.05, 0.1) is 6.04 Å². The van der Waals surface area contributed by atoms with Gasteiger partial charge in [0.15, 0.2) is 0 Å². The lowest BCUT2D eigenvalue weighted by Gasteiger charge is -2.30. The Balaban J connectivity index is 2.06. The zero-order valence-corrected chi connectivity index (χ0v) is 10.8. The molecule has 2 amide bonds.